The number of aromatic nitrogens is 6. The number of hydrogen-bond acceptors (Lipinski definition) is 7. The molecule has 6 rings (SSSR count). The van der Waals surface area contributed by atoms with E-state index < -0.39 is 12.0 Å². The lowest BCUT2D eigenvalue weighted by Crippen LogP contribution is -2.24. The zero-order chi connectivity index (χ0) is 24.8. The van der Waals surface area contributed by atoms with Gasteiger partial charge in [-0.05, 0) is 58.1 Å². The highest BCUT2D eigenvalue weighted by atomic mass is 32.1. The summed E-state index contributed by atoms with van der Waals surface area (Å²) >= 11 is 1.62. The standard InChI is InChI=1S/C26H22FN7OS/c1-13(2)26(35)30-17-7-16(10-28-11-17)15-8-19-21(20(27)9-15)33-34-23(19)25-31-22-18(14-4-6-36-12-14)3-5-29-24(22)32-25/h3-13,26,30,35H,1-2H3,(H,33,34)(H,29,31,32). The van der Waals surface area contributed by atoms with E-state index in [1.54, 1.807) is 29.9 Å². The van der Waals surface area contributed by atoms with Gasteiger partial charge in [0.25, 0.3) is 0 Å². The molecule has 0 aliphatic rings. The molecule has 180 valence electrons. The molecule has 10 heteroatoms. The summed E-state index contributed by atoms with van der Waals surface area (Å²) in [6.45, 7) is 3.82. The van der Waals surface area contributed by atoms with Crippen LogP contribution in [0, 0.1) is 11.7 Å². The van der Waals surface area contributed by atoms with Crippen LogP contribution in [0.3, 0.4) is 0 Å². The monoisotopic (exact) mass is 499 g/mol. The maximum Gasteiger partial charge on any atom is 0.178 e. The zero-order valence-electron chi connectivity index (χ0n) is 19.5. The van der Waals surface area contributed by atoms with Crippen LogP contribution >= 0.6 is 11.3 Å². The summed E-state index contributed by atoms with van der Waals surface area (Å²) in [6, 6.07) is 9.11. The Morgan fingerprint density at radius 2 is 1.97 bits per heavy atom. The molecule has 0 aliphatic carbocycles. The molecule has 1 aromatic carbocycles. The number of halogens is 1. The highest BCUT2D eigenvalue weighted by molar-refractivity contribution is 7.08. The largest absolute Gasteiger partial charge is 0.374 e. The first-order valence-corrected chi connectivity index (χ1v) is 12.4. The molecular formula is C26H22FN7OS. The van der Waals surface area contributed by atoms with Gasteiger partial charge in [-0.15, -0.1) is 0 Å². The van der Waals surface area contributed by atoms with E-state index in [0.717, 1.165) is 16.6 Å². The number of imidazole rings is 1. The summed E-state index contributed by atoms with van der Waals surface area (Å²) in [6.07, 6.45) is 4.29. The Balaban J connectivity index is 1.44. The van der Waals surface area contributed by atoms with Gasteiger partial charge in [-0.3, -0.25) is 10.1 Å². The molecule has 5 aromatic heterocycles. The van der Waals surface area contributed by atoms with Crippen molar-refractivity contribution < 1.29 is 9.50 Å². The number of pyridine rings is 2. The Kier molecular flexibility index (Phi) is 5.46. The van der Waals surface area contributed by atoms with Crippen molar-refractivity contribution in [3.8, 4) is 33.8 Å². The first-order chi connectivity index (χ1) is 17.5. The predicted molar refractivity (Wildman–Crippen MR) is 140 cm³/mol. The second-order valence-corrected chi connectivity index (χ2v) is 9.68. The molecule has 0 aliphatic heterocycles. The SMILES string of the molecule is CC(C)C(O)Nc1cncc(-c2cc(F)c3n[nH]c(-c4nc5nccc(-c6ccsc6)c5[nH]4)c3c2)c1. The third-order valence-electron chi connectivity index (χ3n) is 6.09. The van der Waals surface area contributed by atoms with Gasteiger partial charge in [-0.25, -0.2) is 14.4 Å². The molecule has 0 saturated heterocycles. The fourth-order valence-electron chi connectivity index (χ4n) is 4.12. The van der Waals surface area contributed by atoms with Crippen molar-refractivity contribution in [3.63, 3.8) is 0 Å². The number of hydrogen-bond donors (Lipinski definition) is 4. The first kappa shape index (κ1) is 22.3. The smallest absolute Gasteiger partial charge is 0.178 e. The van der Waals surface area contributed by atoms with E-state index in [9.17, 15) is 5.11 Å². The van der Waals surface area contributed by atoms with Crippen molar-refractivity contribution in [1.29, 1.82) is 0 Å². The molecule has 4 N–H and O–H groups in total. The number of anilines is 1. The fraction of sp³-hybridized carbons (Fsp3) is 0.154. The maximum absolute atomic E-state index is 15.1. The summed E-state index contributed by atoms with van der Waals surface area (Å²) in [5.41, 5.74) is 6.21. The molecule has 1 atom stereocenters. The maximum atomic E-state index is 15.1. The van der Waals surface area contributed by atoms with Gasteiger partial charge in [0.2, 0.25) is 0 Å². The van der Waals surface area contributed by atoms with Crippen LogP contribution in [-0.2, 0) is 0 Å². The highest BCUT2D eigenvalue weighted by Crippen LogP contribution is 2.34. The van der Waals surface area contributed by atoms with Gasteiger partial charge in [0.15, 0.2) is 17.3 Å². The number of aliphatic hydroxyl groups excluding tert-OH is 1. The average Bonchev–Trinajstić information content (AvgIpc) is 3.63. The Morgan fingerprint density at radius 1 is 1.08 bits per heavy atom. The van der Waals surface area contributed by atoms with Crippen molar-refractivity contribution in [3.05, 3.63) is 65.5 Å². The minimum atomic E-state index is -0.720. The zero-order valence-corrected chi connectivity index (χ0v) is 20.3. The quantitative estimate of drug-likeness (QED) is 0.215. The second kappa shape index (κ2) is 8.81. The van der Waals surface area contributed by atoms with Crippen molar-refractivity contribution in [2.45, 2.75) is 20.1 Å². The van der Waals surface area contributed by atoms with Gasteiger partial charge < -0.3 is 15.4 Å². The van der Waals surface area contributed by atoms with E-state index >= 15 is 4.39 Å². The Labute approximate surface area is 209 Å². The molecular weight excluding hydrogens is 477 g/mol. The lowest BCUT2D eigenvalue weighted by Gasteiger charge is -2.17. The lowest BCUT2D eigenvalue weighted by molar-refractivity contribution is 0.153. The molecule has 0 spiro atoms. The minimum Gasteiger partial charge on any atom is -0.374 e. The molecule has 0 fully saturated rings. The second-order valence-electron chi connectivity index (χ2n) is 8.90. The van der Waals surface area contributed by atoms with Crippen LogP contribution < -0.4 is 5.32 Å². The first-order valence-electron chi connectivity index (χ1n) is 11.4. The van der Waals surface area contributed by atoms with Crippen LogP contribution in [0.1, 0.15) is 13.8 Å². The van der Waals surface area contributed by atoms with Crippen LogP contribution in [0.25, 0.3) is 55.8 Å². The molecule has 0 amide bonds. The van der Waals surface area contributed by atoms with Crippen LogP contribution in [0.2, 0.25) is 0 Å². The van der Waals surface area contributed by atoms with E-state index in [2.05, 4.69) is 40.8 Å². The average molecular weight is 500 g/mol. The summed E-state index contributed by atoms with van der Waals surface area (Å²) < 4.78 is 15.1. The molecule has 36 heavy (non-hydrogen) atoms. The van der Waals surface area contributed by atoms with E-state index in [0.29, 0.717) is 39.4 Å². The normalized spacial score (nSPS) is 12.6. The van der Waals surface area contributed by atoms with E-state index in [-0.39, 0.29) is 11.4 Å². The number of H-pyrrole nitrogens is 2. The van der Waals surface area contributed by atoms with Crippen LogP contribution in [0.15, 0.2) is 59.7 Å². The number of fused-ring (bicyclic) bond motifs is 2. The number of nitrogens with one attached hydrogen (secondary N) is 3. The number of nitrogens with zero attached hydrogens (tertiary/aromatic N) is 4. The van der Waals surface area contributed by atoms with Crippen LogP contribution in [0.5, 0.6) is 0 Å². The van der Waals surface area contributed by atoms with Crippen LogP contribution in [-0.4, -0.2) is 41.5 Å². The fourth-order valence-corrected chi connectivity index (χ4v) is 4.78. The Bertz CT molecular complexity index is 1690. The lowest BCUT2D eigenvalue weighted by atomic mass is 10.0. The summed E-state index contributed by atoms with van der Waals surface area (Å²) in [4.78, 5) is 16.7. The van der Waals surface area contributed by atoms with Crippen LogP contribution in [0.4, 0.5) is 10.1 Å². The van der Waals surface area contributed by atoms with Gasteiger partial charge in [0.1, 0.15) is 17.4 Å². The molecule has 1 unspecified atom stereocenters. The summed E-state index contributed by atoms with van der Waals surface area (Å²) in [5.74, 6) is 0.0843. The van der Waals surface area contributed by atoms with E-state index in [1.165, 1.54) is 6.07 Å². The van der Waals surface area contributed by atoms with Crippen molar-refractivity contribution in [2.24, 2.45) is 5.92 Å². The number of thiophene rings is 1. The van der Waals surface area contributed by atoms with Gasteiger partial charge in [-0.1, -0.05) is 13.8 Å². The van der Waals surface area contributed by atoms with E-state index in [1.807, 2.05) is 43.5 Å². The molecule has 0 radical (unpaired) electrons. The van der Waals surface area contributed by atoms with Crippen molar-refractivity contribution in [2.75, 3.05) is 5.32 Å². The van der Waals surface area contributed by atoms with Gasteiger partial charge in [0.05, 0.1) is 17.4 Å². The van der Waals surface area contributed by atoms with Gasteiger partial charge >= 0.3 is 0 Å². The summed E-state index contributed by atoms with van der Waals surface area (Å²) in [5, 5.41) is 25.0. The number of aliphatic hydroxyl groups is 1. The Morgan fingerprint density at radius 3 is 2.78 bits per heavy atom. The topological polar surface area (TPSA) is 115 Å². The van der Waals surface area contributed by atoms with E-state index in [4.69, 9.17) is 0 Å². The van der Waals surface area contributed by atoms with Gasteiger partial charge in [-0.2, -0.15) is 16.4 Å². The third kappa shape index (κ3) is 3.90. The molecule has 0 saturated carbocycles. The highest BCUT2D eigenvalue weighted by Gasteiger charge is 2.19. The van der Waals surface area contributed by atoms with Gasteiger partial charge in [0, 0.05) is 28.9 Å². The number of aromatic amines is 2. The number of benzene rings is 1. The molecule has 8 nitrogen and oxygen atoms in total. The summed E-state index contributed by atoms with van der Waals surface area (Å²) in [7, 11) is 0. The van der Waals surface area contributed by atoms with Crippen molar-refractivity contribution >= 4 is 39.1 Å². The predicted octanol–water partition coefficient (Wildman–Crippen LogP) is 5.82. The molecule has 0 bridgehead atoms. The number of rotatable bonds is 6. The third-order valence-corrected chi connectivity index (χ3v) is 6.77. The Hall–Kier alpha value is -4.15. The minimum absolute atomic E-state index is 0.0227. The molecule has 6 aromatic rings. The van der Waals surface area contributed by atoms with Crippen molar-refractivity contribution in [1.82, 2.24) is 30.1 Å². The molecule has 5 heterocycles.